The van der Waals surface area contributed by atoms with E-state index in [4.69, 9.17) is 4.74 Å². The number of ether oxygens (including phenoxy) is 1. The zero-order valence-electron chi connectivity index (χ0n) is 16.0. The summed E-state index contributed by atoms with van der Waals surface area (Å²) in [7, 11) is 1.80. The monoisotopic (exact) mass is 354 g/mol. The van der Waals surface area contributed by atoms with E-state index in [2.05, 4.69) is 30.4 Å². The molecule has 140 valence electrons. The molecule has 2 bridgehead atoms. The minimum atomic E-state index is 0.0278. The van der Waals surface area contributed by atoms with Crippen molar-refractivity contribution in [3.8, 4) is 0 Å². The molecule has 0 radical (unpaired) electrons. The van der Waals surface area contributed by atoms with Crippen LogP contribution in [0.1, 0.15) is 61.0 Å². The molecular formula is C22H30N2O2. The molecule has 3 heterocycles. The third-order valence-electron chi connectivity index (χ3n) is 6.50. The van der Waals surface area contributed by atoms with E-state index in [9.17, 15) is 4.79 Å². The van der Waals surface area contributed by atoms with Crippen LogP contribution >= 0.6 is 0 Å². The van der Waals surface area contributed by atoms with Crippen molar-refractivity contribution in [2.24, 2.45) is 5.41 Å². The van der Waals surface area contributed by atoms with Crippen LogP contribution in [0.5, 0.6) is 0 Å². The number of benzene rings is 1. The van der Waals surface area contributed by atoms with E-state index in [1.165, 1.54) is 16.6 Å². The highest BCUT2D eigenvalue weighted by atomic mass is 16.5. The lowest BCUT2D eigenvalue weighted by Gasteiger charge is -2.45. The molecule has 0 spiro atoms. The van der Waals surface area contributed by atoms with E-state index in [0.29, 0.717) is 18.9 Å². The molecule has 2 aliphatic heterocycles. The maximum atomic E-state index is 13.4. The zero-order chi connectivity index (χ0) is 18.1. The molecule has 2 aromatic rings. The number of aromatic nitrogens is 1. The van der Waals surface area contributed by atoms with Crippen molar-refractivity contribution < 1.29 is 9.53 Å². The SMILES string of the molecule is CCCC12CCCNCCc3c(n(c4ccccc34)C(=O)C1)C2COC. The van der Waals surface area contributed by atoms with Gasteiger partial charge in [0.1, 0.15) is 0 Å². The Kier molecular flexibility index (Phi) is 4.89. The van der Waals surface area contributed by atoms with Crippen molar-refractivity contribution in [3.05, 3.63) is 35.5 Å². The third kappa shape index (κ3) is 2.71. The largest absolute Gasteiger partial charge is 0.384 e. The van der Waals surface area contributed by atoms with E-state index < -0.39 is 0 Å². The first kappa shape index (κ1) is 17.7. The summed E-state index contributed by atoms with van der Waals surface area (Å²) < 4.78 is 7.76. The van der Waals surface area contributed by atoms with Crippen LogP contribution in [0, 0.1) is 5.41 Å². The summed E-state index contributed by atoms with van der Waals surface area (Å²) in [5.41, 5.74) is 3.69. The predicted molar refractivity (Wildman–Crippen MR) is 105 cm³/mol. The summed E-state index contributed by atoms with van der Waals surface area (Å²) in [5.74, 6) is 0.572. The van der Waals surface area contributed by atoms with Crippen molar-refractivity contribution in [2.45, 2.75) is 51.4 Å². The van der Waals surface area contributed by atoms with Crippen LogP contribution < -0.4 is 5.32 Å². The molecule has 4 heteroatoms. The summed E-state index contributed by atoms with van der Waals surface area (Å²) in [6, 6.07) is 8.42. The van der Waals surface area contributed by atoms with E-state index in [1.807, 2.05) is 10.6 Å². The second-order valence-electron chi connectivity index (χ2n) is 8.01. The molecule has 0 aliphatic carbocycles. The molecule has 0 saturated heterocycles. The average Bonchev–Trinajstić information content (AvgIpc) is 2.96. The topological polar surface area (TPSA) is 43.3 Å². The fraction of sp³-hybridized carbons (Fsp3) is 0.591. The van der Waals surface area contributed by atoms with E-state index >= 15 is 0 Å². The summed E-state index contributed by atoms with van der Waals surface area (Å²) in [6.07, 6.45) is 6.03. The highest BCUT2D eigenvalue weighted by Crippen LogP contribution is 2.52. The molecule has 4 nitrogen and oxygen atoms in total. The van der Waals surface area contributed by atoms with Gasteiger partial charge >= 0.3 is 0 Å². The summed E-state index contributed by atoms with van der Waals surface area (Å²) in [4.78, 5) is 13.4. The van der Waals surface area contributed by atoms with E-state index in [1.54, 1.807) is 7.11 Å². The average molecular weight is 354 g/mol. The summed E-state index contributed by atoms with van der Waals surface area (Å²) in [5, 5.41) is 4.85. The van der Waals surface area contributed by atoms with Crippen molar-refractivity contribution in [1.29, 1.82) is 0 Å². The van der Waals surface area contributed by atoms with Crippen molar-refractivity contribution in [1.82, 2.24) is 9.88 Å². The van der Waals surface area contributed by atoms with Crippen molar-refractivity contribution >= 4 is 16.8 Å². The number of nitrogens with zero attached hydrogens (tertiary/aromatic N) is 1. The molecule has 26 heavy (non-hydrogen) atoms. The minimum Gasteiger partial charge on any atom is -0.384 e. The number of methoxy groups -OCH3 is 1. The van der Waals surface area contributed by atoms with Gasteiger partial charge in [0.15, 0.2) is 0 Å². The van der Waals surface area contributed by atoms with Gasteiger partial charge in [-0.2, -0.15) is 0 Å². The molecular weight excluding hydrogens is 324 g/mol. The van der Waals surface area contributed by atoms with Crippen LogP contribution in [0.3, 0.4) is 0 Å². The molecule has 0 fully saturated rings. The number of nitrogens with one attached hydrogen (secondary N) is 1. The van der Waals surface area contributed by atoms with Crippen LogP contribution in [0.15, 0.2) is 24.3 Å². The Labute approximate surface area is 155 Å². The second-order valence-corrected chi connectivity index (χ2v) is 8.01. The maximum absolute atomic E-state index is 13.4. The van der Waals surface area contributed by atoms with E-state index in [0.717, 1.165) is 50.7 Å². The van der Waals surface area contributed by atoms with Gasteiger partial charge in [-0.25, -0.2) is 0 Å². The van der Waals surface area contributed by atoms with Crippen LogP contribution in [0.25, 0.3) is 10.9 Å². The van der Waals surface area contributed by atoms with Gasteiger partial charge in [-0.1, -0.05) is 31.5 Å². The number of rotatable bonds is 4. The fourth-order valence-electron chi connectivity index (χ4n) is 5.49. The van der Waals surface area contributed by atoms with Gasteiger partial charge in [-0.05, 0) is 55.8 Å². The molecule has 0 amide bonds. The van der Waals surface area contributed by atoms with Gasteiger partial charge in [0.25, 0.3) is 0 Å². The highest BCUT2D eigenvalue weighted by Gasteiger charge is 2.47. The van der Waals surface area contributed by atoms with E-state index in [-0.39, 0.29) is 11.3 Å². The number of para-hydroxylation sites is 1. The van der Waals surface area contributed by atoms with Crippen molar-refractivity contribution in [3.63, 3.8) is 0 Å². The van der Waals surface area contributed by atoms with Crippen LogP contribution in [0.4, 0.5) is 0 Å². The Hall–Kier alpha value is -1.65. The van der Waals surface area contributed by atoms with Crippen LogP contribution in [-0.4, -0.2) is 37.3 Å². The number of carbonyl (C=O) groups excluding carboxylic acids is 1. The van der Waals surface area contributed by atoms with Gasteiger partial charge in [0, 0.05) is 30.5 Å². The predicted octanol–water partition coefficient (Wildman–Crippen LogP) is 4.13. The molecule has 0 saturated carbocycles. The molecule has 2 atom stereocenters. The first-order valence-electron chi connectivity index (χ1n) is 10.1. The van der Waals surface area contributed by atoms with Gasteiger partial charge in [-0.3, -0.25) is 9.36 Å². The second kappa shape index (κ2) is 7.16. The smallest absolute Gasteiger partial charge is 0.231 e. The van der Waals surface area contributed by atoms with Crippen molar-refractivity contribution in [2.75, 3.05) is 26.8 Å². The quantitative estimate of drug-likeness (QED) is 0.898. The number of hydrogen-bond acceptors (Lipinski definition) is 3. The summed E-state index contributed by atoms with van der Waals surface area (Å²) in [6.45, 7) is 4.94. The molecule has 1 aromatic carbocycles. The van der Waals surface area contributed by atoms with Crippen LogP contribution in [-0.2, 0) is 11.2 Å². The third-order valence-corrected chi connectivity index (χ3v) is 6.50. The molecule has 2 unspecified atom stereocenters. The zero-order valence-corrected chi connectivity index (χ0v) is 16.0. The van der Waals surface area contributed by atoms with Gasteiger partial charge in [0.05, 0.1) is 12.1 Å². The summed E-state index contributed by atoms with van der Waals surface area (Å²) >= 11 is 0. The standard InChI is InChI=1S/C22H30N2O2/c1-3-10-22-11-6-12-23-13-9-17-16-7-4-5-8-19(16)24(20(25)14-22)21(17)18(22)15-26-2/h4-5,7-8,18,23H,3,6,9-15H2,1-2H3. The number of hydrogen-bond donors (Lipinski definition) is 1. The van der Waals surface area contributed by atoms with Gasteiger partial charge in [-0.15, -0.1) is 0 Å². The minimum absolute atomic E-state index is 0.0278. The Morgan fingerprint density at radius 1 is 1.31 bits per heavy atom. The Morgan fingerprint density at radius 3 is 2.96 bits per heavy atom. The van der Waals surface area contributed by atoms with Gasteiger partial charge in [0.2, 0.25) is 5.91 Å². The van der Waals surface area contributed by atoms with Crippen LogP contribution in [0.2, 0.25) is 0 Å². The Bertz CT molecular complexity index is 810. The lowest BCUT2D eigenvalue weighted by atomic mass is 9.63. The fourth-order valence-corrected chi connectivity index (χ4v) is 5.49. The molecule has 1 N–H and O–H groups in total. The maximum Gasteiger partial charge on any atom is 0.231 e. The molecule has 4 rings (SSSR count). The Balaban J connectivity index is 2.00. The number of carbonyl (C=O) groups is 1. The Morgan fingerprint density at radius 2 is 2.15 bits per heavy atom. The molecule has 1 aromatic heterocycles. The first-order valence-corrected chi connectivity index (χ1v) is 10.1. The highest BCUT2D eigenvalue weighted by molar-refractivity contribution is 5.97. The first-order chi connectivity index (χ1) is 12.7. The molecule has 2 aliphatic rings. The lowest BCUT2D eigenvalue weighted by Crippen LogP contribution is -2.43. The van der Waals surface area contributed by atoms with Gasteiger partial charge < -0.3 is 10.1 Å². The number of fused-ring (bicyclic) bond motifs is 4. The lowest BCUT2D eigenvalue weighted by molar-refractivity contribution is 0.0467. The normalized spacial score (nSPS) is 26.2.